The van der Waals surface area contributed by atoms with E-state index >= 15 is 0 Å². The van der Waals surface area contributed by atoms with Crippen molar-refractivity contribution in [3.63, 3.8) is 0 Å². The summed E-state index contributed by atoms with van der Waals surface area (Å²) in [5.74, 6) is -0.224. The van der Waals surface area contributed by atoms with Crippen molar-refractivity contribution in [3.05, 3.63) is 23.8 Å². The second-order valence-corrected chi connectivity index (χ2v) is 3.84. The van der Waals surface area contributed by atoms with Gasteiger partial charge >= 0.3 is 6.18 Å². The number of ether oxygens (including phenoxy) is 2. The van der Waals surface area contributed by atoms with Crippen LogP contribution >= 0.6 is 0 Å². The SMILES string of the molecule is COc1c(-c2cc(N)no2)ccc(C(F)(F)F)c1OC. The molecule has 108 valence electrons. The van der Waals surface area contributed by atoms with E-state index in [4.69, 9.17) is 19.7 Å². The molecule has 1 aromatic carbocycles. The smallest absolute Gasteiger partial charge is 0.420 e. The van der Waals surface area contributed by atoms with E-state index in [0.29, 0.717) is 0 Å². The lowest BCUT2D eigenvalue weighted by molar-refractivity contribution is -0.138. The highest BCUT2D eigenvalue weighted by atomic mass is 19.4. The topological polar surface area (TPSA) is 70.5 Å². The molecule has 2 N–H and O–H groups in total. The number of nitrogen functional groups attached to an aromatic ring is 1. The lowest BCUT2D eigenvalue weighted by Crippen LogP contribution is -2.09. The van der Waals surface area contributed by atoms with Gasteiger partial charge in [-0.15, -0.1) is 0 Å². The minimum absolute atomic E-state index is 0.0986. The van der Waals surface area contributed by atoms with Crippen molar-refractivity contribution in [3.8, 4) is 22.8 Å². The van der Waals surface area contributed by atoms with E-state index in [-0.39, 0.29) is 22.9 Å². The first kappa shape index (κ1) is 14.0. The fraction of sp³-hybridized carbons (Fsp3) is 0.250. The van der Waals surface area contributed by atoms with Crippen LogP contribution in [0.2, 0.25) is 0 Å². The van der Waals surface area contributed by atoms with Crippen LogP contribution in [0.4, 0.5) is 19.0 Å². The van der Waals surface area contributed by atoms with Crippen molar-refractivity contribution in [2.45, 2.75) is 6.18 Å². The average Bonchev–Trinajstić information content (AvgIpc) is 2.82. The van der Waals surface area contributed by atoms with Gasteiger partial charge < -0.3 is 19.7 Å². The molecule has 0 saturated heterocycles. The summed E-state index contributed by atoms with van der Waals surface area (Å²) in [6.07, 6.45) is -4.56. The molecule has 0 aliphatic rings. The normalized spacial score (nSPS) is 11.4. The number of anilines is 1. The monoisotopic (exact) mass is 288 g/mol. The third-order valence-corrected chi connectivity index (χ3v) is 2.62. The first-order valence-corrected chi connectivity index (χ1v) is 5.43. The van der Waals surface area contributed by atoms with Gasteiger partial charge in [0, 0.05) is 6.07 Å². The standard InChI is InChI=1S/C12H11F3N2O3/c1-18-10-6(8-5-9(16)17-20-8)3-4-7(11(10)19-2)12(13,14)15/h3-5H,1-2H3,(H2,16,17). The van der Waals surface area contributed by atoms with Gasteiger partial charge in [-0.25, -0.2) is 0 Å². The Morgan fingerprint density at radius 2 is 1.80 bits per heavy atom. The molecule has 0 spiro atoms. The van der Waals surface area contributed by atoms with Crippen LogP contribution in [0, 0.1) is 0 Å². The van der Waals surface area contributed by atoms with E-state index in [1.807, 2.05) is 0 Å². The largest absolute Gasteiger partial charge is 0.492 e. The van der Waals surface area contributed by atoms with E-state index in [1.165, 1.54) is 19.2 Å². The summed E-state index contributed by atoms with van der Waals surface area (Å²) in [7, 11) is 2.37. The lowest BCUT2D eigenvalue weighted by Gasteiger charge is -2.16. The number of aromatic nitrogens is 1. The van der Waals surface area contributed by atoms with Gasteiger partial charge in [-0.1, -0.05) is 5.16 Å². The van der Waals surface area contributed by atoms with Crippen molar-refractivity contribution in [1.82, 2.24) is 5.16 Å². The zero-order valence-corrected chi connectivity index (χ0v) is 10.6. The van der Waals surface area contributed by atoms with Crippen LogP contribution < -0.4 is 15.2 Å². The Labute approximate surface area is 112 Å². The van der Waals surface area contributed by atoms with Crippen LogP contribution in [0.15, 0.2) is 22.7 Å². The van der Waals surface area contributed by atoms with Gasteiger partial charge in [0.05, 0.1) is 19.8 Å². The number of hydrogen-bond donors (Lipinski definition) is 1. The van der Waals surface area contributed by atoms with Gasteiger partial charge in [-0.05, 0) is 12.1 Å². The Bertz CT molecular complexity index is 623. The molecule has 1 aromatic heterocycles. The van der Waals surface area contributed by atoms with Crippen LogP contribution in [0.1, 0.15) is 5.56 Å². The number of benzene rings is 1. The molecule has 0 aliphatic carbocycles. The molecule has 0 aliphatic heterocycles. The highest BCUT2D eigenvalue weighted by molar-refractivity contribution is 5.73. The summed E-state index contributed by atoms with van der Waals surface area (Å²) >= 11 is 0. The number of rotatable bonds is 3. The highest BCUT2D eigenvalue weighted by Gasteiger charge is 2.37. The molecule has 0 unspecified atom stereocenters. The second kappa shape index (κ2) is 4.95. The zero-order valence-electron chi connectivity index (χ0n) is 10.6. The van der Waals surface area contributed by atoms with Crippen molar-refractivity contribution < 1.29 is 27.2 Å². The van der Waals surface area contributed by atoms with Gasteiger partial charge in [-0.3, -0.25) is 0 Å². The van der Waals surface area contributed by atoms with Gasteiger partial charge in [0.25, 0.3) is 0 Å². The number of nitrogens with zero attached hydrogens (tertiary/aromatic N) is 1. The van der Waals surface area contributed by atoms with Crippen LogP contribution in [0.3, 0.4) is 0 Å². The van der Waals surface area contributed by atoms with E-state index in [9.17, 15) is 13.2 Å². The third-order valence-electron chi connectivity index (χ3n) is 2.62. The summed E-state index contributed by atoms with van der Waals surface area (Å²) in [5, 5.41) is 3.48. The molecule has 20 heavy (non-hydrogen) atoms. The van der Waals surface area contributed by atoms with Gasteiger partial charge in [0.1, 0.15) is 5.56 Å². The molecule has 2 rings (SSSR count). The van der Waals surface area contributed by atoms with Crippen LogP contribution in [-0.2, 0) is 6.18 Å². The number of alkyl halides is 3. The minimum atomic E-state index is -4.56. The van der Waals surface area contributed by atoms with Crippen LogP contribution in [0.5, 0.6) is 11.5 Å². The maximum atomic E-state index is 12.9. The third kappa shape index (κ3) is 2.36. The Balaban J connectivity index is 2.67. The minimum Gasteiger partial charge on any atom is -0.492 e. The molecular weight excluding hydrogens is 277 g/mol. The molecule has 0 atom stereocenters. The first-order chi connectivity index (χ1) is 9.38. The lowest BCUT2D eigenvalue weighted by atomic mass is 10.1. The van der Waals surface area contributed by atoms with Crippen molar-refractivity contribution in [2.75, 3.05) is 20.0 Å². The van der Waals surface area contributed by atoms with Crippen LogP contribution in [0.25, 0.3) is 11.3 Å². The van der Waals surface area contributed by atoms with Crippen molar-refractivity contribution >= 4 is 5.82 Å². The van der Waals surface area contributed by atoms with Gasteiger partial charge in [-0.2, -0.15) is 13.2 Å². The molecule has 0 saturated carbocycles. The summed E-state index contributed by atoms with van der Waals surface area (Å²) in [6, 6.07) is 3.48. The van der Waals surface area contributed by atoms with E-state index in [0.717, 1.165) is 13.2 Å². The summed E-state index contributed by atoms with van der Waals surface area (Å²) < 4.78 is 53.5. The van der Waals surface area contributed by atoms with Gasteiger partial charge in [0.15, 0.2) is 23.1 Å². The maximum absolute atomic E-state index is 12.9. The number of nitrogens with two attached hydrogens (primary N) is 1. The number of halogens is 3. The summed E-state index contributed by atoms with van der Waals surface area (Å²) in [4.78, 5) is 0. The Morgan fingerprint density at radius 1 is 1.15 bits per heavy atom. The molecule has 1 heterocycles. The first-order valence-electron chi connectivity index (χ1n) is 5.43. The zero-order chi connectivity index (χ0) is 14.9. The van der Waals surface area contributed by atoms with E-state index < -0.39 is 17.5 Å². The predicted molar refractivity (Wildman–Crippen MR) is 64.5 cm³/mol. The second-order valence-electron chi connectivity index (χ2n) is 3.84. The predicted octanol–water partition coefficient (Wildman–Crippen LogP) is 2.96. The summed E-state index contributed by atoms with van der Waals surface area (Å²) in [6.45, 7) is 0. The maximum Gasteiger partial charge on any atom is 0.420 e. The summed E-state index contributed by atoms with van der Waals surface area (Å²) in [5.41, 5.74) is 4.75. The molecule has 8 heteroatoms. The number of hydrogen-bond acceptors (Lipinski definition) is 5. The van der Waals surface area contributed by atoms with Crippen LogP contribution in [-0.4, -0.2) is 19.4 Å². The van der Waals surface area contributed by atoms with Crippen molar-refractivity contribution in [2.24, 2.45) is 0 Å². The Hall–Kier alpha value is -2.38. The Morgan fingerprint density at radius 3 is 2.25 bits per heavy atom. The molecule has 0 radical (unpaired) electrons. The quantitative estimate of drug-likeness (QED) is 0.940. The molecule has 0 bridgehead atoms. The molecule has 0 fully saturated rings. The van der Waals surface area contributed by atoms with Crippen molar-refractivity contribution in [1.29, 1.82) is 0 Å². The van der Waals surface area contributed by atoms with Gasteiger partial charge in [0.2, 0.25) is 0 Å². The van der Waals surface area contributed by atoms with E-state index in [2.05, 4.69) is 5.16 Å². The molecular formula is C12H11F3N2O3. The fourth-order valence-corrected chi connectivity index (χ4v) is 1.80. The molecule has 2 aromatic rings. The highest BCUT2D eigenvalue weighted by Crippen LogP contribution is 2.46. The number of methoxy groups -OCH3 is 2. The molecule has 0 amide bonds. The molecule has 5 nitrogen and oxygen atoms in total. The Kier molecular flexibility index (Phi) is 3.47. The average molecular weight is 288 g/mol. The fourth-order valence-electron chi connectivity index (χ4n) is 1.80. The van der Waals surface area contributed by atoms with E-state index in [1.54, 1.807) is 0 Å².